The van der Waals surface area contributed by atoms with Crippen LogP contribution in [0.3, 0.4) is 0 Å². The summed E-state index contributed by atoms with van der Waals surface area (Å²) in [6.07, 6.45) is 5.25. The minimum Gasteiger partial charge on any atom is -0.361 e. The number of likely N-dealkylation sites (tertiary alicyclic amines) is 1. The van der Waals surface area contributed by atoms with Crippen molar-refractivity contribution in [3.05, 3.63) is 34.1 Å². The van der Waals surface area contributed by atoms with E-state index in [0.29, 0.717) is 22.9 Å². The lowest BCUT2D eigenvalue weighted by molar-refractivity contribution is 0.0647. The van der Waals surface area contributed by atoms with Gasteiger partial charge >= 0.3 is 0 Å². The van der Waals surface area contributed by atoms with Gasteiger partial charge in [-0.25, -0.2) is 4.98 Å². The molecule has 2 aromatic rings. The topological polar surface area (TPSA) is 62.5 Å². The van der Waals surface area contributed by atoms with E-state index in [9.17, 15) is 4.79 Å². The quantitative estimate of drug-likeness (QED) is 0.851. The normalized spacial score (nSPS) is 22.3. The van der Waals surface area contributed by atoms with Crippen LogP contribution in [0.5, 0.6) is 0 Å². The lowest BCUT2D eigenvalue weighted by Gasteiger charge is -2.33. The smallest absolute Gasteiger partial charge is 0.276 e. The van der Waals surface area contributed by atoms with E-state index in [4.69, 9.17) is 4.52 Å². The van der Waals surface area contributed by atoms with Crippen molar-refractivity contribution in [2.45, 2.75) is 38.8 Å². The number of carbonyl (C=O) groups excluding carboxylic acids is 1. The van der Waals surface area contributed by atoms with Crippen LogP contribution in [0, 0.1) is 12.3 Å². The fraction of sp³-hybridized carbons (Fsp3) is 0.588. The Hall–Kier alpha value is -1.73. The predicted octanol–water partition coefficient (Wildman–Crippen LogP) is 2.57. The summed E-state index contributed by atoms with van der Waals surface area (Å²) >= 11 is 1.71. The molecular weight excluding hydrogens is 324 g/mol. The Labute approximate surface area is 145 Å². The summed E-state index contributed by atoms with van der Waals surface area (Å²) in [5, 5.41) is 7.05. The largest absolute Gasteiger partial charge is 0.361 e. The first kappa shape index (κ1) is 15.8. The summed E-state index contributed by atoms with van der Waals surface area (Å²) in [6, 6.07) is 2.34. The fourth-order valence-corrected chi connectivity index (χ4v) is 4.60. The van der Waals surface area contributed by atoms with Crippen LogP contribution in [0.1, 0.15) is 40.5 Å². The number of hydrogen-bond donors (Lipinski definition) is 0. The van der Waals surface area contributed by atoms with Gasteiger partial charge in [-0.15, -0.1) is 11.3 Å². The molecule has 7 heteroatoms. The molecule has 1 aliphatic carbocycles. The van der Waals surface area contributed by atoms with Gasteiger partial charge in [-0.2, -0.15) is 0 Å². The minimum absolute atomic E-state index is 0.00459. The number of nitrogens with zero attached hydrogens (tertiary/aromatic N) is 4. The molecule has 0 bridgehead atoms. The van der Waals surface area contributed by atoms with Crippen molar-refractivity contribution in [1.82, 2.24) is 19.9 Å². The summed E-state index contributed by atoms with van der Waals surface area (Å²) in [6.45, 7) is 4.35. The SMILES string of the molecule is Cc1cc(C(=O)N2CCC3(CC2)C[C@@H]3N(C)Cc2nccs2)no1. The van der Waals surface area contributed by atoms with Crippen LogP contribution < -0.4 is 0 Å². The standard InChI is InChI=1S/C17H22N4O2S/c1-12-9-13(19-23-12)16(22)21-6-3-17(4-7-21)10-14(17)20(2)11-15-18-5-8-24-15/h5,8-9,14H,3-4,6-7,10-11H2,1-2H3/t14-/m0/s1. The summed E-state index contributed by atoms with van der Waals surface area (Å²) in [7, 11) is 2.19. The Morgan fingerprint density at radius 3 is 2.92 bits per heavy atom. The second-order valence-corrected chi connectivity index (χ2v) is 8.02. The first-order valence-corrected chi connectivity index (χ1v) is 9.27. The van der Waals surface area contributed by atoms with Crippen LogP contribution in [0.15, 0.2) is 22.2 Å². The second kappa shape index (κ2) is 5.97. The molecule has 1 aliphatic heterocycles. The lowest BCUT2D eigenvalue weighted by atomic mass is 9.92. The molecule has 128 valence electrons. The van der Waals surface area contributed by atoms with Crippen molar-refractivity contribution in [1.29, 1.82) is 0 Å². The van der Waals surface area contributed by atoms with E-state index in [-0.39, 0.29) is 5.91 Å². The van der Waals surface area contributed by atoms with Gasteiger partial charge in [0.05, 0.1) is 6.54 Å². The third kappa shape index (κ3) is 2.86. The molecule has 1 spiro atoms. The molecule has 1 saturated heterocycles. The average molecular weight is 346 g/mol. The summed E-state index contributed by atoms with van der Waals surface area (Å²) in [5.41, 5.74) is 0.819. The zero-order chi connectivity index (χ0) is 16.7. The second-order valence-electron chi connectivity index (χ2n) is 7.04. The molecule has 1 atom stereocenters. The maximum atomic E-state index is 12.5. The highest BCUT2D eigenvalue weighted by molar-refractivity contribution is 7.09. The summed E-state index contributed by atoms with van der Waals surface area (Å²) in [5.74, 6) is 0.674. The number of carbonyl (C=O) groups is 1. The molecular formula is C17H22N4O2S. The van der Waals surface area contributed by atoms with E-state index >= 15 is 0 Å². The molecule has 1 saturated carbocycles. The summed E-state index contributed by atoms with van der Waals surface area (Å²) in [4.78, 5) is 21.2. The number of aryl methyl sites for hydroxylation is 1. The van der Waals surface area contributed by atoms with Crippen molar-refractivity contribution in [3.8, 4) is 0 Å². The molecule has 2 aromatic heterocycles. The number of amides is 1. The Morgan fingerprint density at radius 1 is 1.50 bits per heavy atom. The molecule has 0 N–H and O–H groups in total. The van der Waals surface area contributed by atoms with Gasteiger partial charge in [-0.1, -0.05) is 5.16 Å². The van der Waals surface area contributed by atoms with Crippen molar-refractivity contribution in [2.24, 2.45) is 5.41 Å². The molecule has 2 aliphatic rings. The molecule has 0 unspecified atom stereocenters. The van der Waals surface area contributed by atoms with Crippen LogP contribution in [-0.2, 0) is 6.54 Å². The predicted molar refractivity (Wildman–Crippen MR) is 90.8 cm³/mol. The number of piperidine rings is 1. The highest BCUT2D eigenvalue weighted by Crippen LogP contribution is 2.56. The van der Waals surface area contributed by atoms with Crippen LogP contribution in [0.4, 0.5) is 0 Å². The number of rotatable bonds is 4. The first-order valence-electron chi connectivity index (χ1n) is 8.39. The molecule has 3 heterocycles. The van der Waals surface area contributed by atoms with Crippen molar-refractivity contribution < 1.29 is 9.32 Å². The average Bonchev–Trinajstić information content (AvgIpc) is 2.95. The van der Waals surface area contributed by atoms with Crippen LogP contribution in [0.2, 0.25) is 0 Å². The first-order chi connectivity index (χ1) is 11.6. The van der Waals surface area contributed by atoms with Gasteiger partial charge in [0.2, 0.25) is 0 Å². The molecule has 1 amide bonds. The lowest BCUT2D eigenvalue weighted by Crippen LogP contribution is -2.41. The van der Waals surface area contributed by atoms with E-state index in [1.165, 1.54) is 11.4 Å². The summed E-state index contributed by atoms with van der Waals surface area (Å²) < 4.78 is 5.02. The molecule has 0 radical (unpaired) electrons. The van der Waals surface area contributed by atoms with Gasteiger partial charge in [0, 0.05) is 36.8 Å². The van der Waals surface area contributed by atoms with Crippen LogP contribution in [-0.4, -0.2) is 52.0 Å². The minimum atomic E-state index is -0.00459. The monoisotopic (exact) mass is 346 g/mol. The molecule has 2 fully saturated rings. The molecule has 4 rings (SSSR count). The van der Waals surface area contributed by atoms with E-state index < -0.39 is 0 Å². The maximum Gasteiger partial charge on any atom is 0.276 e. The zero-order valence-electron chi connectivity index (χ0n) is 14.1. The van der Waals surface area contributed by atoms with Gasteiger partial charge in [-0.3, -0.25) is 9.69 Å². The third-order valence-electron chi connectivity index (χ3n) is 5.44. The van der Waals surface area contributed by atoms with Gasteiger partial charge in [0.15, 0.2) is 5.69 Å². The van der Waals surface area contributed by atoms with E-state index in [1.54, 1.807) is 17.4 Å². The van der Waals surface area contributed by atoms with Crippen molar-refractivity contribution in [2.75, 3.05) is 20.1 Å². The highest BCUT2D eigenvalue weighted by Gasteiger charge is 2.56. The Bertz CT molecular complexity index is 719. The van der Waals surface area contributed by atoms with Gasteiger partial charge in [-0.05, 0) is 38.6 Å². The van der Waals surface area contributed by atoms with Crippen molar-refractivity contribution >= 4 is 17.2 Å². The molecule has 24 heavy (non-hydrogen) atoms. The fourth-order valence-electron chi connectivity index (χ4n) is 3.93. The van der Waals surface area contributed by atoms with Gasteiger partial charge in [0.25, 0.3) is 5.91 Å². The molecule has 6 nitrogen and oxygen atoms in total. The number of aromatic nitrogens is 2. The zero-order valence-corrected chi connectivity index (χ0v) is 14.9. The van der Waals surface area contributed by atoms with Gasteiger partial charge < -0.3 is 9.42 Å². The number of thiazole rings is 1. The van der Waals surface area contributed by atoms with Gasteiger partial charge in [0.1, 0.15) is 10.8 Å². The number of hydrogen-bond acceptors (Lipinski definition) is 6. The molecule has 0 aromatic carbocycles. The maximum absolute atomic E-state index is 12.5. The van der Waals surface area contributed by atoms with Crippen molar-refractivity contribution in [3.63, 3.8) is 0 Å². The third-order valence-corrected chi connectivity index (χ3v) is 6.20. The Balaban J connectivity index is 1.33. The van der Waals surface area contributed by atoms with E-state index in [2.05, 4.69) is 22.1 Å². The van der Waals surface area contributed by atoms with Crippen LogP contribution in [0.25, 0.3) is 0 Å². The highest BCUT2D eigenvalue weighted by atomic mass is 32.1. The Kier molecular flexibility index (Phi) is 3.92. The Morgan fingerprint density at radius 2 is 2.29 bits per heavy atom. The van der Waals surface area contributed by atoms with E-state index in [0.717, 1.165) is 32.5 Å². The van der Waals surface area contributed by atoms with Crippen LogP contribution >= 0.6 is 11.3 Å². The van der Waals surface area contributed by atoms with E-state index in [1.807, 2.05) is 23.4 Å².